The predicted octanol–water partition coefficient (Wildman–Crippen LogP) is 3.01. The maximum atomic E-state index is 14.4. The summed E-state index contributed by atoms with van der Waals surface area (Å²) in [7, 11) is 0. The third kappa shape index (κ3) is 3.03. The Hall–Kier alpha value is -4.04. The minimum Gasteiger partial charge on any atom is -0.508 e. The highest BCUT2D eigenvalue weighted by molar-refractivity contribution is 6.25. The van der Waals surface area contributed by atoms with Crippen LogP contribution in [-0.2, 0) is 26.3 Å². The van der Waals surface area contributed by atoms with Crippen molar-refractivity contribution in [2.24, 2.45) is 11.8 Å². The summed E-state index contributed by atoms with van der Waals surface area (Å²) < 4.78 is 14.4. The average molecular weight is 471 g/mol. The molecule has 2 saturated heterocycles. The number of anilines is 2. The van der Waals surface area contributed by atoms with Crippen molar-refractivity contribution in [2.45, 2.75) is 24.9 Å². The highest BCUT2D eigenvalue weighted by atomic mass is 19.1. The van der Waals surface area contributed by atoms with E-state index in [0.29, 0.717) is 23.4 Å². The Morgan fingerprint density at radius 2 is 1.77 bits per heavy atom. The highest BCUT2D eigenvalue weighted by Crippen LogP contribution is 2.54. The zero-order valence-corrected chi connectivity index (χ0v) is 18.8. The van der Waals surface area contributed by atoms with Crippen LogP contribution in [0.15, 0.2) is 66.7 Å². The van der Waals surface area contributed by atoms with Crippen LogP contribution in [0.25, 0.3) is 0 Å². The number of carbonyl (C=O) groups excluding carboxylic acids is 3. The van der Waals surface area contributed by atoms with E-state index in [2.05, 4.69) is 10.6 Å². The molecule has 176 valence electrons. The molecule has 0 unspecified atom stereocenters. The summed E-state index contributed by atoms with van der Waals surface area (Å²) >= 11 is 0. The second-order valence-corrected chi connectivity index (χ2v) is 9.43. The number of carbonyl (C=O) groups is 3. The van der Waals surface area contributed by atoms with E-state index < -0.39 is 47.0 Å². The Labute approximate surface area is 200 Å². The van der Waals surface area contributed by atoms with Crippen molar-refractivity contribution in [1.82, 2.24) is 5.32 Å². The summed E-state index contributed by atoms with van der Waals surface area (Å²) in [5.74, 6) is -3.66. The van der Waals surface area contributed by atoms with Gasteiger partial charge in [0.2, 0.25) is 17.7 Å². The second-order valence-electron chi connectivity index (χ2n) is 9.43. The summed E-state index contributed by atoms with van der Waals surface area (Å²) in [6.07, 6.45) is 0.335. The number of nitrogens with zero attached hydrogens (tertiary/aromatic N) is 1. The molecule has 4 atom stereocenters. The standard InChI is InChI=1S/C27H22FN3O4/c1-14-3-2-4-17(11-14)31-24(33)22-21(12-15-5-8-18(32)9-6-15)30-27(23(22)25(31)34)19-13-16(28)7-10-20(19)29-26(27)35/h2-11,13,21-23,30,32H,12H2,1H3,(H,29,35)/t21-,22-,23-,27-/m0/s1. The maximum Gasteiger partial charge on any atom is 0.250 e. The van der Waals surface area contributed by atoms with Gasteiger partial charge in [0.05, 0.1) is 17.5 Å². The Bertz CT molecular complexity index is 1410. The molecule has 2 fully saturated rings. The highest BCUT2D eigenvalue weighted by Gasteiger charge is 2.70. The molecular formula is C27H22FN3O4. The van der Waals surface area contributed by atoms with Crippen molar-refractivity contribution < 1.29 is 23.9 Å². The van der Waals surface area contributed by atoms with Gasteiger partial charge < -0.3 is 10.4 Å². The summed E-state index contributed by atoms with van der Waals surface area (Å²) in [6, 6.07) is 17.1. The molecule has 0 saturated carbocycles. The molecule has 3 amide bonds. The molecule has 3 aromatic carbocycles. The summed E-state index contributed by atoms with van der Waals surface area (Å²) in [5, 5.41) is 15.7. The van der Waals surface area contributed by atoms with Crippen LogP contribution in [0, 0.1) is 24.6 Å². The zero-order chi connectivity index (χ0) is 24.5. The van der Waals surface area contributed by atoms with Crippen LogP contribution in [0.4, 0.5) is 15.8 Å². The summed E-state index contributed by atoms with van der Waals surface area (Å²) in [6.45, 7) is 1.87. The number of amides is 3. The van der Waals surface area contributed by atoms with Crippen molar-refractivity contribution in [3.8, 4) is 5.75 Å². The first-order valence-corrected chi connectivity index (χ1v) is 11.4. The quantitative estimate of drug-likeness (QED) is 0.510. The van der Waals surface area contributed by atoms with Gasteiger partial charge in [0.15, 0.2) is 0 Å². The SMILES string of the molecule is Cc1cccc(N2C(=O)[C@H]3[C@H](Cc4ccc(O)cc4)N[C@]4(C(=O)Nc5ccc(F)cc54)[C@@H]3C2=O)c1. The summed E-state index contributed by atoms with van der Waals surface area (Å²) in [5.41, 5.74) is 1.34. The largest absolute Gasteiger partial charge is 0.508 e. The van der Waals surface area contributed by atoms with Gasteiger partial charge in [0.25, 0.3) is 0 Å². The first-order valence-electron chi connectivity index (χ1n) is 11.4. The topological polar surface area (TPSA) is 98.7 Å². The number of hydrogen-bond donors (Lipinski definition) is 3. The first-order chi connectivity index (χ1) is 16.8. The Balaban J connectivity index is 1.50. The van der Waals surface area contributed by atoms with Gasteiger partial charge in [-0.25, -0.2) is 9.29 Å². The van der Waals surface area contributed by atoms with Gasteiger partial charge in [-0.3, -0.25) is 19.7 Å². The second kappa shape index (κ2) is 7.48. The van der Waals surface area contributed by atoms with Crippen LogP contribution >= 0.6 is 0 Å². The Kier molecular flexibility index (Phi) is 4.59. The van der Waals surface area contributed by atoms with E-state index in [0.717, 1.165) is 11.1 Å². The predicted molar refractivity (Wildman–Crippen MR) is 126 cm³/mol. The Morgan fingerprint density at radius 3 is 2.51 bits per heavy atom. The number of benzene rings is 3. The molecule has 6 rings (SSSR count). The number of halogens is 1. The number of imide groups is 1. The lowest BCUT2D eigenvalue weighted by Gasteiger charge is -2.29. The van der Waals surface area contributed by atoms with E-state index >= 15 is 0 Å². The minimum atomic E-state index is -1.57. The molecule has 3 N–H and O–H groups in total. The maximum absolute atomic E-state index is 14.4. The van der Waals surface area contributed by atoms with Crippen LogP contribution in [0.3, 0.4) is 0 Å². The lowest BCUT2D eigenvalue weighted by Crippen LogP contribution is -2.53. The third-order valence-electron chi connectivity index (χ3n) is 7.33. The van der Waals surface area contributed by atoms with Gasteiger partial charge in [-0.05, 0) is 66.9 Å². The normalized spacial score (nSPS) is 26.9. The zero-order valence-electron chi connectivity index (χ0n) is 18.8. The van der Waals surface area contributed by atoms with Crippen molar-refractivity contribution in [3.05, 3.63) is 89.2 Å². The molecular weight excluding hydrogens is 449 g/mol. The molecule has 0 radical (unpaired) electrons. The molecule has 7 nitrogen and oxygen atoms in total. The fourth-order valence-corrected chi connectivity index (χ4v) is 5.86. The van der Waals surface area contributed by atoms with Gasteiger partial charge >= 0.3 is 0 Å². The number of fused-ring (bicyclic) bond motifs is 4. The van der Waals surface area contributed by atoms with Crippen molar-refractivity contribution >= 4 is 29.1 Å². The molecule has 35 heavy (non-hydrogen) atoms. The number of aryl methyl sites for hydroxylation is 1. The fourth-order valence-electron chi connectivity index (χ4n) is 5.86. The monoisotopic (exact) mass is 471 g/mol. The van der Waals surface area contributed by atoms with Crippen molar-refractivity contribution in [2.75, 3.05) is 10.2 Å². The third-order valence-corrected chi connectivity index (χ3v) is 7.33. The van der Waals surface area contributed by atoms with Crippen LogP contribution < -0.4 is 15.5 Å². The van der Waals surface area contributed by atoms with Crippen LogP contribution in [0.5, 0.6) is 5.75 Å². The van der Waals surface area contributed by atoms with Gasteiger partial charge in [0.1, 0.15) is 17.1 Å². The number of phenolic OH excluding ortho intramolecular Hbond substituents is 1. The van der Waals surface area contributed by atoms with E-state index in [1.807, 2.05) is 13.0 Å². The van der Waals surface area contributed by atoms with Gasteiger partial charge in [0, 0.05) is 17.3 Å². The fraction of sp³-hybridized carbons (Fsp3) is 0.222. The van der Waals surface area contributed by atoms with E-state index in [4.69, 9.17) is 0 Å². The molecule has 3 aliphatic heterocycles. The van der Waals surface area contributed by atoms with Crippen LogP contribution in [-0.4, -0.2) is 28.9 Å². The van der Waals surface area contributed by atoms with Gasteiger partial charge in [-0.1, -0.05) is 24.3 Å². The number of rotatable bonds is 3. The molecule has 3 aromatic rings. The van der Waals surface area contributed by atoms with E-state index in [-0.39, 0.29) is 5.75 Å². The molecule has 0 bridgehead atoms. The lowest BCUT2D eigenvalue weighted by molar-refractivity contribution is -0.130. The number of hydrogen-bond acceptors (Lipinski definition) is 5. The summed E-state index contributed by atoms with van der Waals surface area (Å²) in [4.78, 5) is 42.4. The number of aromatic hydroxyl groups is 1. The lowest BCUT2D eigenvalue weighted by atomic mass is 9.76. The van der Waals surface area contributed by atoms with Crippen molar-refractivity contribution in [1.29, 1.82) is 0 Å². The molecule has 0 aromatic heterocycles. The molecule has 3 heterocycles. The van der Waals surface area contributed by atoms with E-state index in [1.54, 1.807) is 42.5 Å². The molecule has 0 aliphatic carbocycles. The molecule has 3 aliphatic rings. The van der Waals surface area contributed by atoms with Crippen LogP contribution in [0.2, 0.25) is 0 Å². The number of phenols is 1. The minimum absolute atomic E-state index is 0.111. The Morgan fingerprint density at radius 1 is 1.00 bits per heavy atom. The average Bonchev–Trinajstić information content (AvgIpc) is 3.40. The van der Waals surface area contributed by atoms with Crippen LogP contribution in [0.1, 0.15) is 16.7 Å². The molecule has 8 heteroatoms. The first kappa shape index (κ1) is 21.5. The number of nitrogens with one attached hydrogen (secondary N) is 2. The van der Waals surface area contributed by atoms with Crippen molar-refractivity contribution in [3.63, 3.8) is 0 Å². The van der Waals surface area contributed by atoms with Gasteiger partial charge in [-0.15, -0.1) is 0 Å². The van der Waals surface area contributed by atoms with E-state index in [1.165, 1.54) is 23.1 Å². The van der Waals surface area contributed by atoms with Gasteiger partial charge in [-0.2, -0.15) is 0 Å². The smallest absolute Gasteiger partial charge is 0.250 e. The molecule has 1 spiro atoms. The van der Waals surface area contributed by atoms with E-state index in [9.17, 15) is 23.9 Å².